The number of benzene rings is 2. The Labute approximate surface area is 117 Å². The molecule has 0 radical (unpaired) electrons. The van der Waals surface area contributed by atoms with Crippen molar-refractivity contribution in [2.24, 2.45) is 0 Å². The number of carbonyl (C=O) groups is 1. The van der Waals surface area contributed by atoms with E-state index in [2.05, 4.69) is 12.1 Å². The Hall–Kier alpha value is -2.16. The lowest BCUT2D eigenvalue weighted by Crippen LogP contribution is -2.20. The van der Waals surface area contributed by atoms with Gasteiger partial charge in [0.25, 0.3) is 0 Å². The van der Waals surface area contributed by atoms with E-state index in [0.717, 1.165) is 6.42 Å². The first kappa shape index (κ1) is 12.9. The summed E-state index contributed by atoms with van der Waals surface area (Å²) < 4.78 is 18.5. The predicted molar refractivity (Wildman–Crippen MR) is 74.8 cm³/mol. The van der Waals surface area contributed by atoms with Gasteiger partial charge in [0.15, 0.2) is 17.3 Å². The first-order valence-electron chi connectivity index (χ1n) is 6.63. The fourth-order valence-electron chi connectivity index (χ4n) is 2.73. The van der Waals surface area contributed by atoms with E-state index in [1.54, 1.807) is 6.07 Å². The molecule has 2 aromatic carbocycles. The van der Waals surface area contributed by atoms with Crippen LogP contribution in [0, 0.1) is 5.82 Å². The van der Waals surface area contributed by atoms with Crippen molar-refractivity contribution in [3.05, 3.63) is 65.0 Å². The molecule has 2 nitrogen and oxygen atoms in total. The standard InChI is InChI=1S/C17H15FO2/c1-20-17-7-6-12(9-15(17)18)16(19)10-13-8-11-4-2-3-5-14(11)13/h2-7,9,13H,8,10H2,1H3. The van der Waals surface area contributed by atoms with Crippen LogP contribution >= 0.6 is 0 Å². The van der Waals surface area contributed by atoms with E-state index in [1.165, 1.54) is 30.4 Å². The van der Waals surface area contributed by atoms with Crippen LogP contribution in [0.3, 0.4) is 0 Å². The Kier molecular flexibility index (Phi) is 3.26. The van der Waals surface area contributed by atoms with Gasteiger partial charge in [0.2, 0.25) is 0 Å². The van der Waals surface area contributed by atoms with Gasteiger partial charge in [-0.15, -0.1) is 0 Å². The van der Waals surface area contributed by atoms with Crippen LogP contribution in [0.15, 0.2) is 42.5 Å². The molecule has 102 valence electrons. The number of rotatable bonds is 4. The number of hydrogen-bond donors (Lipinski definition) is 0. The highest BCUT2D eigenvalue weighted by molar-refractivity contribution is 5.97. The van der Waals surface area contributed by atoms with Crippen LogP contribution < -0.4 is 4.74 Å². The normalized spacial score (nSPS) is 16.2. The van der Waals surface area contributed by atoms with Crippen molar-refractivity contribution in [3.8, 4) is 5.75 Å². The largest absolute Gasteiger partial charge is 0.494 e. The van der Waals surface area contributed by atoms with Crippen molar-refractivity contribution >= 4 is 5.78 Å². The third-order valence-electron chi connectivity index (χ3n) is 3.87. The predicted octanol–water partition coefficient (Wildman–Crippen LogP) is 3.75. The molecule has 0 bridgehead atoms. The minimum absolute atomic E-state index is 0.0222. The van der Waals surface area contributed by atoms with Gasteiger partial charge in [-0.2, -0.15) is 0 Å². The maximum atomic E-state index is 13.6. The number of fused-ring (bicyclic) bond motifs is 1. The minimum atomic E-state index is -0.493. The summed E-state index contributed by atoms with van der Waals surface area (Å²) in [5, 5.41) is 0. The molecular weight excluding hydrogens is 255 g/mol. The lowest BCUT2D eigenvalue weighted by Gasteiger charge is -2.29. The van der Waals surface area contributed by atoms with E-state index in [1.807, 2.05) is 12.1 Å². The van der Waals surface area contributed by atoms with E-state index < -0.39 is 5.82 Å². The van der Waals surface area contributed by atoms with Crippen LogP contribution in [0.5, 0.6) is 5.75 Å². The van der Waals surface area contributed by atoms with Crippen LogP contribution in [-0.4, -0.2) is 12.9 Å². The summed E-state index contributed by atoms with van der Waals surface area (Å²) in [6.07, 6.45) is 1.36. The first-order chi connectivity index (χ1) is 9.69. The third kappa shape index (κ3) is 2.20. The van der Waals surface area contributed by atoms with E-state index in [4.69, 9.17) is 4.74 Å². The van der Waals surface area contributed by atoms with Gasteiger partial charge in [0, 0.05) is 12.0 Å². The Balaban J connectivity index is 1.73. The Morgan fingerprint density at radius 2 is 2.10 bits per heavy atom. The molecular formula is C17H15FO2. The van der Waals surface area contributed by atoms with Gasteiger partial charge in [-0.3, -0.25) is 4.79 Å². The Morgan fingerprint density at radius 3 is 2.80 bits per heavy atom. The molecule has 1 aliphatic carbocycles. The molecule has 0 fully saturated rings. The average Bonchev–Trinajstić information content (AvgIpc) is 2.44. The van der Waals surface area contributed by atoms with Gasteiger partial charge in [0.05, 0.1) is 7.11 Å². The van der Waals surface area contributed by atoms with Crippen molar-refractivity contribution in [1.29, 1.82) is 0 Å². The van der Waals surface area contributed by atoms with Crippen molar-refractivity contribution in [2.45, 2.75) is 18.8 Å². The molecule has 1 unspecified atom stereocenters. The molecule has 0 aliphatic heterocycles. The summed E-state index contributed by atoms with van der Waals surface area (Å²) in [5.41, 5.74) is 2.97. The number of methoxy groups -OCH3 is 1. The summed E-state index contributed by atoms with van der Waals surface area (Å²) in [6, 6.07) is 12.5. The molecule has 1 atom stereocenters. The number of ketones is 1. The number of halogens is 1. The Morgan fingerprint density at radius 1 is 1.30 bits per heavy atom. The van der Waals surface area contributed by atoms with Crippen molar-refractivity contribution in [3.63, 3.8) is 0 Å². The number of Topliss-reactive ketones (excluding diaryl/α,β-unsaturated/α-hetero) is 1. The van der Waals surface area contributed by atoms with E-state index in [-0.39, 0.29) is 17.5 Å². The molecule has 0 amide bonds. The van der Waals surface area contributed by atoms with E-state index in [0.29, 0.717) is 12.0 Å². The lowest BCUT2D eigenvalue weighted by atomic mass is 9.74. The molecule has 20 heavy (non-hydrogen) atoms. The number of carbonyl (C=O) groups excluding carboxylic acids is 1. The van der Waals surface area contributed by atoms with E-state index >= 15 is 0 Å². The fourth-order valence-corrected chi connectivity index (χ4v) is 2.73. The van der Waals surface area contributed by atoms with Crippen molar-refractivity contribution in [1.82, 2.24) is 0 Å². The molecule has 0 N–H and O–H groups in total. The number of ether oxygens (including phenoxy) is 1. The molecule has 0 saturated carbocycles. The maximum absolute atomic E-state index is 13.6. The molecule has 0 saturated heterocycles. The zero-order valence-electron chi connectivity index (χ0n) is 11.2. The van der Waals surface area contributed by atoms with Crippen LogP contribution in [0.2, 0.25) is 0 Å². The average molecular weight is 270 g/mol. The van der Waals surface area contributed by atoms with Gasteiger partial charge in [-0.25, -0.2) is 4.39 Å². The monoisotopic (exact) mass is 270 g/mol. The minimum Gasteiger partial charge on any atom is -0.494 e. The molecule has 3 heteroatoms. The Bertz CT molecular complexity index is 664. The summed E-state index contributed by atoms with van der Waals surface area (Å²) in [6.45, 7) is 0. The van der Waals surface area contributed by atoms with Gasteiger partial charge in [-0.05, 0) is 41.7 Å². The topological polar surface area (TPSA) is 26.3 Å². The number of hydrogen-bond acceptors (Lipinski definition) is 2. The zero-order chi connectivity index (χ0) is 14.1. The smallest absolute Gasteiger partial charge is 0.165 e. The fraction of sp³-hybridized carbons (Fsp3) is 0.235. The SMILES string of the molecule is COc1ccc(C(=O)CC2Cc3ccccc32)cc1F. The van der Waals surface area contributed by atoms with Gasteiger partial charge >= 0.3 is 0 Å². The second kappa shape index (κ2) is 5.08. The summed E-state index contributed by atoms with van der Waals surface area (Å²) in [4.78, 5) is 12.2. The molecule has 3 rings (SSSR count). The molecule has 0 aromatic heterocycles. The quantitative estimate of drug-likeness (QED) is 0.791. The second-order valence-electron chi connectivity index (χ2n) is 5.08. The summed E-state index contributed by atoms with van der Waals surface area (Å²) in [7, 11) is 1.41. The van der Waals surface area contributed by atoms with Crippen molar-refractivity contribution < 1.29 is 13.9 Å². The van der Waals surface area contributed by atoms with Gasteiger partial charge in [-0.1, -0.05) is 24.3 Å². The van der Waals surface area contributed by atoms with E-state index in [9.17, 15) is 9.18 Å². The van der Waals surface area contributed by atoms with Crippen LogP contribution in [0.1, 0.15) is 33.8 Å². The second-order valence-corrected chi connectivity index (χ2v) is 5.08. The van der Waals surface area contributed by atoms with Gasteiger partial charge < -0.3 is 4.74 Å². The highest BCUT2D eigenvalue weighted by Gasteiger charge is 2.27. The van der Waals surface area contributed by atoms with Gasteiger partial charge in [0.1, 0.15) is 0 Å². The van der Waals surface area contributed by atoms with Crippen LogP contribution in [-0.2, 0) is 6.42 Å². The maximum Gasteiger partial charge on any atom is 0.165 e. The van der Waals surface area contributed by atoms with Crippen LogP contribution in [0.4, 0.5) is 4.39 Å². The highest BCUT2D eigenvalue weighted by Crippen LogP contribution is 2.38. The molecule has 1 aliphatic rings. The van der Waals surface area contributed by atoms with Crippen LogP contribution in [0.25, 0.3) is 0 Å². The zero-order valence-corrected chi connectivity index (χ0v) is 11.2. The summed E-state index contributed by atoms with van der Waals surface area (Å²) in [5.74, 6) is -0.0854. The lowest BCUT2D eigenvalue weighted by molar-refractivity contribution is 0.0970. The first-order valence-corrected chi connectivity index (χ1v) is 6.63. The highest BCUT2D eigenvalue weighted by atomic mass is 19.1. The summed E-state index contributed by atoms with van der Waals surface area (Å²) >= 11 is 0. The third-order valence-corrected chi connectivity index (χ3v) is 3.87. The molecule has 0 spiro atoms. The molecule has 0 heterocycles. The molecule has 2 aromatic rings. The van der Waals surface area contributed by atoms with Crippen molar-refractivity contribution in [2.75, 3.05) is 7.11 Å².